The minimum Gasteiger partial charge on any atom is -0.450 e. The highest BCUT2D eigenvalue weighted by molar-refractivity contribution is 6.37. The van der Waals surface area contributed by atoms with Gasteiger partial charge in [0.2, 0.25) is 5.78 Å². The van der Waals surface area contributed by atoms with Gasteiger partial charge >= 0.3 is 0 Å². The number of fused-ring (bicyclic) bond motifs is 1. The van der Waals surface area contributed by atoms with Crippen LogP contribution in [0.4, 0.5) is 11.4 Å². The Morgan fingerprint density at radius 1 is 1.08 bits per heavy atom. The number of nitrogens with two attached hydrogens (primary N) is 1. The number of anilines is 2. The van der Waals surface area contributed by atoms with Gasteiger partial charge in [0.15, 0.2) is 5.76 Å². The number of hydrogen-bond donors (Lipinski definition) is 1. The minimum absolute atomic E-state index is 0.0864. The predicted octanol–water partition coefficient (Wildman–Crippen LogP) is 4.39. The topological polar surface area (TPSA) is 68.7 Å². The second-order valence-corrected chi connectivity index (χ2v) is 6.92. The van der Waals surface area contributed by atoms with Gasteiger partial charge in [-0.15, -0.1) is 0 Å². The molecule has 1 saturated heterocycles. The zero-order chi connectivity index (χ0) is 18.3. The minimum atomic E-state index is -0.367. The first kappa shape index (κ1) is 17.2. The average Bonchev–Trinajstić information content (AvgIpc) is 2.98. The molecule has 4 rings (SSSR count). The van der Waals surface area contributed by atoms with Gasteiger partial charge in [-0.25, -0.2) is 0 Å². The van der Waals surface area contributed by atoms with E-state index in [0.29, 0.717) is 40.5 Å². The Bertz CT molecular complexity index is 994. The maximum absolute atomic E-state index is 12.8. The molecular formula is C19H16Cl2N2O3. The van der Waals surface area contributed by atoms with Gasteiger partial charge in [0, 0.05) is 40.8 Å². The van der Waals surface area contributed by atoms with Crippen LogP contribution in [-0.4, -0.2) is 32.1 Å². The van der Waals surface area contributed by atoms with Crippen LogP contribution in [0.15, 0.2) is 40.8 Å². The molecular weight excluding hydrogens is 375 g/mol. The summed E-state index contributed by atoms with van der Waals surface area (Å²) < 4.78 is 11.2. The largest absolute Gasteiger partial charge is 0.450 e. The van der Waals surface area contributed by atoms with Gasteiger partial charge in [-0.3, -0.25) is 4.79 Å². The summed E-state index contributed by atoms with van der Waals surface area (Å²) in [5.41, 5.74) is 8.36. The Kier molecular flexibility index (Phi) is 4.53. The molecule has 0 radical (unpaired) electrons. The van der Waals surface area contributed by atoms with E-state index in [-0.39, 0.29) is 16.6 Å². The number of halogens is 2. The van der Waals surface area contributed by atoms with Crippen molar-refractivity contribution in [1.29, 1.82) is 0 Å². The molecule has 7 heteroatoms. The number of ketones is 1. The summed E-state index contributed by atoms with van der Waals surface area (Å²) in [5, 5.41) is 1.42. The number of rotatable bonds is 3. The van der Waals surface area contributed by atoms with Gasteiger partial charge in [0.05, 0.1) is 23.9 Å². The van der Waals surface area contributed by atoms with E-state index in [4.69, 9.17) is 38.1 Å². The third-order valence-electron chi connectivity index (χ3n) is 4.47. The molecule has 0 bridgehead atoms. The Morgan fingerprint density at radius 2 is 1.85 bits per heavy atom. The van der Waals surface area contributed by atoms with Gasteiger partial charge in [-0.05, 0) is 30.3 Å². The smallest absolute Gasteiger partial charge is 0.231 e. The number of benzene rings is 2. The van der Waals surface area contributed by atoms with Gasteiger partial charge in [0.25, 0.3) is 0 Å². The summed E-state index contributed by atoms with van der Waals surface area (Å²) in [4.78, 5) is 15.0. The molecule has 0 amide bonds. The van der Waals surface area contributed by atoms with Gasteiger partial charge < -0.3 is 19.8 Å². The van der Waals surface area contributed by atoms with Crippen LogP contribution in [0.3, 0.4) is 0 Å². The first-order chi connectivity index (χ1) is 12.5. The van der Waals surface area contributed by atoms with Gasteiger partial charge in [0.1, 0.15) is 5.58 Å². The molecule has 0 spiro atoms. The first-order valence-electron chi connectivity index (χ1n) is 8.19. The molecule has 0 saturated carbocycles. The predicted molar refractivity (Wildman–Crippen MR) is 104 cm³/mol. The number of nitrogen functional groups attached to an aromatic ring is 1. The fourth-order valence-corrected chi connectivity index (χ4v) is 3.58. The Balaban J connectivity index is 1.73. The van der Waals surface area contributed by atoms with Crippen molar-refractivity contribution >= 4 is 51.3 Å². The maximum atomic E-state index is 12.8. The highest BCUT2D eigenvalue weighted by Gasteiger charge is 2.23. The molecule has 1 fully saturated rings. The lowest BCUT2D eigenvalue weighted by Gasteiger charge is -2.28. The molecule has 26 heavy (non-hydrogen) atoms. The Morgan fingerprint density at radius 3 is 2.58 bits per heavy atom. The van der Waals surface area contributed by atoms with Crippen LogP contribution < -0.4 is 10.6 Å². The molecule has 134 valence electrons. The number of nitrogens with zero attached hydrogens (tertiary/aromatic N) is 1. The Hall–Kier alpha value is -2.21. The lowest BCUT2D eigenvalue weighted by molar-refractivity contribution is 0.101. The summed E-state index contributed by atoms with van der Waals surface area (Å²) in [5.74, 6) is -0.281. The third-order valence-corrected chi connectivity index (χ3v) is 5.02. The summed E-state index contributed by atoms with van der Waals surface area (Å²) in [6.07, 6.45) is 0. The van der Waals surface area contributed by atoms with E-state index in [9.17, 15) is 4.79 Å². The maximum Gasteiger partial charge on any atom is 0.231 e. The molecule has 0 unspecified atom stereocenters. The van der Waals surface area contributed by atoms with E-state index in [1.54, 1.807) is 12.1 Å². The van der Waals surface area contributed by atoms with Crippen LogP contribution in [0, 0.1) is 0 Å². The quantitative estimate of drug-likeness (QED) is 0.671. The molecule has 2 heterocycles. The SMILES string of the molecule is Nc1c(C(=O)c2ccc(Cl)cc2Cl)oc2cc(N3CCOCC3)ccc12. The van der Waals surface area contributed by atoms with E-state index < -0.39 is 0 Å². The number of furan rings is 1. The normalized spacial score (nSPS) is 14.8. The monoisotopic (exact) mass is 390 g/mol. The molecule has 0 aliphatic carbocycles. The van der Waals surface area contributed by atoms with Gasteiger partial charge in [-0.1, -0.05) is 23.2 Å². The summed E-state index contributed by atoms with van der Waals surface area (Å²) >= 11 is 12.0. The van der Waals surface area contributed by atoms with Crippen LogP contribution in [0.1, 0.15) is 16.1 Å². The molecule has 2 N–H and O–H groups in total. The van der Waals surface area contributed by atoms with Crippen LogP contribution in [0.5, 0.6) is 0 Å². The van der Waals surface area contributed by atoms with E-state index in [1.807, 2.05) is 18.2 Å². The van der Waals surface area contributed by atoms with E-state index in [1.165, 1.54) is 6.07 Å². The van der Waals surface area contributed by atoms with Crippen molar-refractivity contribution in [1.82, 2.24) is 0 Å². The highest BCUT2D eigenvalue weighted by Crippen LogP contribution is 2.34. The fraction of sp³-hybridized carbons (Fsp3) is 0.211. The fourth-order valence-electron chi connectivity index (χ4n) is 3.09. The number of ether oxygens (including phenoxy) is 1. The van der Waals surface area contributed by atoms with E-state index in [2.05, 4.69) is 4.90 Å². The molecule has 5 nitrogen and oxygen atoms in total. The molecule has 0 atom stereocenters. The van der Waals surface area contributed by atoms with Crippen molar-refractivity contribution in [2.24, 2.45) is 0 Å². The van der Waals surface area contributed by atoms with Crippen molar-refractivity contribution in [3.63, 3.8) is 0 Å². The number of carbonyl (C=O) groups is 1. The number of hydrogen-bond acceptors (Lipinski definition) is 5. The van der Waals surface area contributed by atoms with Crippen molar-refractivity contribution in [2.75, 3.05) is 36.9 Å². The third kappa shape index (κ3) is 3.03. The van der Waals surface area contributed by atoms with Gasteiger partial charge in [-0.2, -0.15) is 0 Å². The zero-order valence-electron chi connectivity index (χ0n) is 13.8. The average molecular weight is 391 g/mol. The summed E-state index contributed by atoms with van der Waals surface area (Å²) in [6.45, 7) is 3.01. The van der Waals surface area contributed by atoms with Crippen LogP contribution in [0.2, 0.25) is 10.0 Å². The van der Waals surface area contributed by atoms with E-state index >= 15 is 0 Å². The van der Waals surface area contributed by atoms with Crippen molar-refractivity contribution in [3.8, 4) is 0 Å². The summed E-state index contributed by atoms with van der Waals surface area (Å²) in [6, 6.07) is 10.4. The molecule has 2 aromatic carbocycles. The van der Waals surface area contributed by atoms with Crippen molar-refractivity contribution in [2.45, 2.75) is 0 Å². The molecule has 1 aliphatic heterocycles. The van der Waals surface area contributed by atoms with E-state index in [0.717, 1.165) is 18.8 Å². The molecule has 1 aliphatic rings. The molecule has 3 aromatic rings. The van der Waals surface area contributed by atoms with Crippen molar-refractivity contribution < 1.29 is 13.9 Å². The zero-order valence-corrected chi connectivity index (χ0v) is 15.3. The lowest BCUT2D eigenvalue weighted by Crippen LogP contribution is -2.36. The van der Waals surface area contributed by atoms with Crippen LogP contribution >= 0.6 is 23.2 Å². The number of morpholine rings is 1. The second-order valence-electron chi connectivity index (χ2n) is 6.08. The summed E-state index contributed by atoms with van der Waals surface area (Å²) in [7, 11) is 0. The second kappa shape index (κ2) is 6.83. The standard InChI is InChI=1S/C19H16Cl2N2O3/c20-11-1-3-13(15(21)9-11)18(24)19-17(22)14-4-2-12(10-16(14)26-19)23-5-7-25-8-6-23/h1-4,9-10H,5-8,22H2. The first-order valence-corrected chi connectivity index (χ1v) is 8.94. The molecule has 1 aromatic heterocycles. The highest BCUT2D eigenvalue weighted by atomic mass is 35.5. The number of carbonyl (C=O) groups excluding carboxylic acids is 1. The van der Waals surface area contributed by atoms with Crippen LogP contribution in [-0.2, 0) is 4.74 Å². The Labute approximate surface area is 160 Å². The van der Waals surface area contributed by atoms with Crippen molar-refractivity contribution in [3.05, 3.63) is 57.8 Å². The lowest BCUT2D eigenvalue weighted by atomic mass is 10.1. The van der Waals surface area contributed by atoms with Crippen LogP contribution in [0.25, 0.3) is 11.0 Å².